The Labute approximate surface area is 113 Å². The summed E-state index contributed by atoms with van der Waals surface area (Å²) in [6.07, 6.45) is 0. The predicted octanol–water partition coefficient (Wildman–Crippen LogP) is 3.09. The molecule has 0 radical (unpaired) electrons. The first-order valence-corrected chi connectivity index (χ1v) is 6.33. The molecule has 1 aliphatic rings. The minimum absolute atomic E-state index is 0.118. The first-order chi connectivity index (χ1) is 8.14. The predicted molar refractivity (Wildman–Crippen MR) is 71.9 cm³/mol. The van der Waals surface area contributed by atoms with Crippen LogP contribution < -0.4 is 5.46 Å². The summed E-state index contributed by atoms with van der Waals surface area (Å²) in [6.45, 7) is 9.73. The van der Waals surface area contributed by atoms with E-state index in [-0.39, 0.29) is 5.02 Å². The van der Waals surface area contributed by atoms with Crippen LogP contribution in [0.5, 0.6) is 0 Å². The molecule has 0 N–H and O–H groups in total. The van der Waals surface area contributed by atoms with Crippen LogP contribution in [-0.4, -0.2) is 18.3 Å². The molecule has 2 rings (SSSR count). The van der Waals surface area contributed by atoms with Crippen LogP contribution in [-0.2, 0) is 9.31 Å². The number of aryl methyl sites for hydroxylation is 1. The molecular formula is C13H17BClFO2. The van der Waals surface area contributed by atoms with Crippen LogP contribution in [0.4, 0.5) is 4.39 Å². The van der Waals surface area contributed by atoms with Crippen molar-refractivity contribution in [1.29, 1.82) is 0 Å². The normalized spacial score (nSPS) is 21.4. The average Bonchev–Trinajstić information content (AvgIpc) is 2.42. The molecule has 18 heavy (non-hydrogen) atoms. The molecule has 0 aliphatic carbocycles. The van der Waals surface area contributed by atoms with Gasteiger partial charge in [-0.3, -0.25) is 0 Å². The van der Waals surface area contributed by atoms with E-state index >= 15 is 0 Å². The van der Waals surface area contributed by atoms with E-state index in [1.54, 1.807) is 6.07 Å². The lowest BCUT2D eigenvalue weighted by atomic mass is 9.76. The maximum atomic E-state index is 13.6. The number of hydrogen-bond acceptors (Lipinski definition) is 2. The lowest BCUT2D eigenvalue weighted by Gasteiger charge is -2.32. The van der Waals surface area contributed by atoms with Gasteiger partial charge in [0.05, 0.1) is 16.2 Å². The Kier molecular flexibility index (Phi) is 3.25. The summed E-state index contributed by atoms with van der Waals surface area (Å²) in [6, 6.07) is 2.98. The first kappa shape index (κ1) is 13.8. The van der Waals surface area contributed by atoms with Gasteiger partial charge in [0.25, 0.3) is 0 Å². The van der Waals surface area contributed by atoms with Gasteiger partial charge < -0.3 is 9.31 Å². The van der Waals surface area contributed by atoms with E-state index in [2.05, 4.69) is 0 Å². The molecule has 0 bridgehead atoms. The largest absolute Gasteiger partial charge is 0.495 e. The van der Waals surface area contributed by atoms with Gasteiger partial charge in [-0.1, -0.05) is 11.6 Å². The van der Waals surface area contributed by atoms with Crippen molar-refractivity contribution in [2.75, 3.05) is 0 Å². The van der Waals surface area contributed by atoms with Gasteiger partial charge in [-0.2, -0.15) is 0 Å². The zero-order chi connectivity index (χ0) is 13.7. The van der Waals surface area contributed by atoms with E-state index in [1.165, 1.54) is 6.07 Å². The minimum Gasteiger partial charge on any atom is -0.399 e. The van der Waals surface area contributed by atoms with E-state index < -0.39 is 24.1 Å². The number of benzene rings is 1. The fourth-order valence-electron chi connectivity index (χ4n) is 1.89. The maximum absolute atomic E-state index is 13.6. The van der Waals surface area contributed by atoms with Gasteiger partial charge in [0, 0.05) is 0 Å². The lowest BCUT2D eigenvalue weighted by molar-refractivity contribution is 0.00578. The summed E-state index contributed by atoms with van der Waals surface area (Å²) in [7, 11) is -0.554. The quantitative estimate of drug-likeness (QED) is 0.730. The van der Waals surface area contributed by atoms with E-state index in [1.807, 2.05) is 34.6 Å². The summed E-state index contributed by atoms with van der Waals surface area (Å²) < 4.78 is 25.3. The van der Waals surface area contributed by atoms with E-state index in [0.717, 1.165) is 5.56 Å². The van der Waals surface area contributed by atoms with Gasteiger partial charge in [-0.25, -0.2) is 4.39 Å². The molecule has 0 saturated carbocycles. The van der Waals surface area contributed by atoms with E-state index in [4.69, 9.17) is 20.9 Å². The summed E-state index contributed by atoms with van der Waals surface area (Å²) >= 11 is 5.75. The molecule has 1 heterocycles. The Morgan fingerprint density at radius 3 is 2.11 bits per heavy atom. The van der Waals surface area contributed by atoms with E-state index in [0.29, 0.717) is 5.46 Å². The third-order valence-electron chi connectivity index (χ3n) is 3.82. The van der Waals surface area contributed by atoms with Crippen LogP contribution >= 0.6 is 11.6 Å². The minimum atomic E-state index is -0.554. The highest BCUT2D eigenvalue weighted by Crippen LogP contribution is 2.36. The molecule has 98 valence electrons. The van der Waals surface area contributed by atoms with Crippen molar-refractivity contribution in [3.63, 3.8) is 0 Å². The highest BCUT2D eigenvalue weighted by Gasteiger charge is 2.52. The van der Waals surface area contributed by atoms with Crippen LogP contribution in [0.3, 0.4) is 0 Å². The molecule has 0 amide bonds. The Morgan fingerprint density at radius 2 is 1.61 bits per heavy atom. The Hall–Kier alpha value is -0.575. The zero-order valence-electron chi connectivity index (χ0n) is 11.3. The molecule has 1 aromatic rings. The fourth-order valence-corrected chi connectivity index (χ4v) is 2.10. The molecule has 1 aliphatic heterocycles. The van der Waals surface area contributed by atoms with Crippen molar-refractivity contribution in [2.24, 2.45) is 0 Å². The monoisotopic (exact) mass is 270 g/mol. The first-order valence-electron chi connectivity index (χ1n) is 5.95. The number of rotatable bonds is 1. The Morgan fingerprint density at radius 1 is 1.11 bits per heavy atom. The van der Waals surface area contributed by atoms with Crippen LogP contribution in [0.1, 0.15) is 33.3 Å². The second-order valence-electron chi connectivity index (χ2n) is 5.71. The topological polar surface area (TPSA) is 18.5 Å². The van der Waals surface area contributed by atoms with Crippen LogP contribution in [0.15, 0.2) is 12.1 Å². The number of hydrogen-bond donors (Lipinski definition) is 0. The van der Waals surface area contributed by atoms with Crippen molar-refractivity contribution >= 4 is 24.2 Å². The molecule has 5 heteroatoms. The van der Waals surface area contributed by atoms with Gasteiger partial charge in [-0.15, -0.1) is 0 Å². The standard InChI is InChI=1S/C13H17BClFO2/c1-8-6-10(15)11(16)7-9(8)14-17-12(2,3)13(4,5)18-14/h6-7H,1-5H3. The molecule has 0 aromatic heterocycles. The van der Waals surface area contributed by atoms with Crippen LogP contribution in [0.2, 0.25) is 5.02 Å². The third-order valence-corrected chi connectivity index (χ3v) is 4.11. The summed E-state index contributed by atoms with van der Waals surface area (Å²) in [4.78, 5) is 0. The van der Waals surface area contributed by atoms with Crippen molar-refractivity contribution in [3.05, 3.63) is 28.5 Å². The van der Waals surface area contributed by atoms with E-state index in [9.17, 15) is 4.39 Å². The molecule has 1 saturated heterocycles. The highest BCUT2D eigenvalue weighted by atomic mass is 35.5. The number of halogens is 2. The zero-order valence-corrected chi connectivity index (χ0v) is 12.1. The summed E-state index contributed by atoms with van der Waals surface area (Å²) in [5.74, 6) is -0.452. The fraction of sp³-hybridized carbons (Fsp3) is 0.538. The third kappa shape index (κ3) is 2.17. The highest BCUT2D eigenvalue weighted by molar-refractivity contribution is 6.62. The molecule has 0 unspecified atom stereocenters. The van der Waals surface area contributed by atoms with Crippen molar-refractivity contribution < 1.29 is 13.7 Å². The summed E-state index contributed by atoms with van der Waals surface area (Å²) in [5, 5.41) is 0.118. The molecule has 1 fully saturated rings. The Balaban J connectivity index is 2.38. The molecule has 0 atom stereocenters. The van der Waals surface area contributed by atoms with Crippen molar-refractivity contribution in [2.45, 2.75) is 45.8 Å². The van der Waals surface area contributed by atoms with Gasteiger partial charge in [0.1, 0.15) is 5.82 Å². The van der Waals surface area contributed by atoms with Crippen molar-refractivity contribution in [1.82, 2.24) is 0 Å². The molecule has 0 spiro atoms. The van der Waals surface area contributed by atoms with Crippen LogP contribution in [0.25, 0.3) is 0 Å². The molecule has 1 aromatic carbocycles. The maximum Gasteiger partial charge on any atom is 0.495 e. The van der Waals surface area contributed by atoms with Gasteiger partial charge in [0.15, 0.2) is 0 Å². The second-order valence-corrected chi connectivity index (χ2v) is 6.12. The molecule has 2 nitrogen and oxygen atoms in total. The summed E-state index contributed by atoms with van der Waals surface area (Å²) in [5.41, 5.74) is 0.691. The molecular weight excluding hydrogens is 253 g/mol. The lowest BCUT2D eigenvalue weighted by Crippen LogP contribution is -2.41. The van der Waals surface area contributed by atoms with Gasteiger partial charge >= 0.3 is 7.12 Å². The average molecular weight is 271 g/mol. The van der Waals surface area contributed by atoms with Gasteiger partial charge in [-0.05, 0) is 57.8 Å². The van der Waals surface area contributed by atoms with Crippen molar-refractivity contribution in [3.8, 4) is 0 Å². The Bertz CT molecular complexity index is 472. The SMILES string of the molecule is Cc1cc(Cl)c(F)cc1B1OC(C)(C)C(C)(C)O1. The smallest absolute Gasteiger partial charge is 0.399 e. The second kappa shape index (κ2) is 4.22. The van der Waals surface area contributed by atoms with Gasteiger partial charge in [0.2, 0.25) is 0 Å². The van der Waals surface area contributed by atoms with Crippen LogP contribution in [0, 0.1) is 12.7 Å².